The van der Waals surface area contributed by atoms with Crippen LogP contribution in [0.2, 0.25) is 0 Å². The van der Waals surface area contributed by atoms with Gasteiger partial charge in [0.05, 0.1) is 17.2 Å². The Morgan fingerprint density at radius 3 is 2.28 bits per heavy atom. The third-order valence-electron chi connectivity index (χ3n) is 3.18. The van der Waals surface area contributed by atoms with Crippen LogP contribution in [0.15, 0.2) is 22.7 Å². The summed E-state index contributed by atoms with van der Waals surface area (Å²) < 4.78 is 6.16. The Kier molecular flexibility index (Phi) is 6.16. The van der Waals surface area contributed by atoms with Gasteiger partial charge in [0.25, 0.3) is 0 Å². The van der Waals surface area contributed by atoms with E-state index >= 15 is 0 Å². The zero-order valence-corrected chi connectivity index (χ0v) is 13.1. The molecule has 0 spiro atoms. The highest BCUT2D eigenvalue weighted by Crippen LogP contribution is 2.29. The Labute approximate surface area is 118 Å². The molecule has 0 aliphatic carbocycles. The van der Waals surface area contributed by atoms with E-state index in [4.69, 9.17) is 4.74 Å². The first kappa shape index (κ1) is 15.5. The maximum absolute atomic E-state index is 10.6. The van der Waals surface area contributed by atoms with Crippen molar-refractivity contribution in [2.75, 3.05) is 7.11 Å². The Morgan fingerprint density at radius 2 is 1.83 bits per heavy atom. The van der Waals surface area contributed by atoms with Crippen LogP contribution < -0.4 is 4.74 Å². The van der Waals surface area contributed by atoms with Gasteiger partial charge in [0, 0.05) is 6.42 Å². The van der Waals surface area contributed by atoms with Crippen LogP contribution in [0.3, 0.4) is 0 Å². The fraction of sp³-hybridized carbons (Fsp3) is 0.600. The van der Waals surface area contributed by atoms with Crippen molar-refractivity contribution in [3.8, 4) is 5.75 Å². The van der Waals surface area contributed by atoms with E-state index in [1.54, 1.807) is 7.11 Å². The average molecular weight is 315 g/mol. The van der Waals surface area contributed by atoms with Gasteiger partial charge >= 0.3 is 0 Å². The van der Waals surface area contributed by atoms with Gasteiger partial charge in [0.2, 0.25) is 0 Å². The molecule has 0 bridgehead atoms. The van der Waals surface area contributed by atoms with Gasteiger partial charge in [-0.2, -0.15) is 0 Å². The third-order valence-corrected chi connectivity index (χ3v) is 3.80. The molecule has 1 aromatic rings. The molecule has 0 aromatic heterocycles. The minimum absolute atomic E-state index is 0.572. The highest BCUT2D eigenvalue weighted by molar-refractivity contribution is 9.10. The maximum Gasteiger partial charge on any atom is 0.133 e. The van der Waals surface area contributed by atoms with Crippen molar-refractivity contribution in [3.63, 3.8) is 0 Å². The zero-order chi connectivity index (χ0) is 13.6. The number of benzene rings is 1. The molecule has 0 unspecified atom stereocenters. The summed E-state index contributed by atoms with van der Waals surface area (Å²) in [5, 5.41) is 10.6. The second-order valence-electron chi connectivity index (χ2n) is 4.87. The lowest BCUT2D eigenvalue weighted by molar-refractivity contribution is 0.0216. The lowest BCUT2D eigenvalue weighted by Crippen LogP contribution is -2.31. The molecule has 0 aliphatic rings. The Bertz CT molecular complexity index is 371. The highest BCUT2D eigenvalue weighted by Gasteiger charge is 2.25. The molecule has 0 saturated carbocycles. The molecule has 0 fully saturated rings. The number of methoxy groups -OCH3 is 1. The van der Waals surface area contributed by atoms with Crippen LogP contribution in [-0.4, -0.2) is 17.8 Å². The minimum Gasteiger partial charge on any atom is -0.496 e. The first-order chi connectivity index (χ1) is 8.54. The van der Waals surface area contributed by atoms with Crippen LogP contribution in [0.25, 0.3) is 0 Å². The van der Waals surface area contributed by atoms with Crippen molar-refractivity contribution in [3.05, 3.63) is 28.2 Å². The summed E-state index contributed by atoms with van der Waals surface area (Å²) in [6, 6.07) is 6.01. The summed E-state index contributed by atoms with van der Waals surface area (Å²) in [4.78, 5) is 0. The summed E-state index contributed by atoms with van der Waals surface area (Å²) in [6.45, 7) is 4.23. The molecule has 0 amide bonds. The molecule has 0 atom stereocenters. The van der Waals surface area contributed by atoms with E-state index in [0.717, 1.165) is 41.5 Å². The third kappa shape index (κ3) is 4.29. The van der Waals surface area contributed by atoms with Crippen molar-refractivity contribution < 1.29 is 9.84 Å². The normalized spacial score (nSPS) is 11.6. The van der Waals surface area contributed by atoms with E-state index in [2.05, 4.69) is 29.8 Å². The van der Waals surface area contributed by atoms with Crippen LogP contribution >= 0.6 is 15.9 Å². The van der Waals surface area contributed by atoms with Gasteiger partial charge in [-0.15, -0.1) is 0 Å². The fourth-order valence-electron chi connectivity index (χ4n) is 2.43. The second kappa shape index (κ2) is 7.15. The first-order valence-corrected chi connectivity index (χ1v) is 7.38. The van der Waals surface area contributed by atoms with Gasteiger partial charge in [-0.1, -0.05) is 32.8 Å². The lowest BCUT2D eigenvalue weighted by Gasteiger charge is -2.27. The van der Waals surface area contributed by atoms with Crippen LogP contribution in [0.1, 0.15) is 45.1 Å². The molecule has 1 rings (SSSR count). The minimum atomic E-state index is -0.572. The zero-order valence-electron chi connectivity index (χ0n) is 11.5. The topological polar surface area (TPSA) is 29.5 Å². The van der Waals surface area contributed by atoms with Crippen molar-refractivity contribution in [2.24, 2.45) is 0 Å². The van der Waals surface area contributed by atoms with Crippen LogP contribution in [0.4, 0.5) is 0 Å². The Balaban J connectivity index is 2.83. The van der Waals surface area contributed by atoms with Gasteiger partial charge in [-0.05, 0) is 46.5 Å². The van der Waals surface area contributed by atoms with Gasteiger partial charge in [0.15, 0.2) is 0 Å². The van der Waals surface area contributed by atoms with Crippen molar-refractivity contribution in [2.45, 2.75) is 51.6 Å². The van der Waals surface area contributed by atoms with Crippen LogP contribution in [0.5, 0.6) is 5.75 Å². The molecular formula is C15H23BrO2. The van der Waals surface area contributed by atoms with Crippen molar-refractivity contribution in [1.82, 2.24) is 0 Å². The number of ether oxygens (including phenoxy) is 1. The molecule has 18 heavy (non-hydrogen) atoms. The molecule has 0 saturated heterocycles. The van der Waals surface area contributed by atoms with Gasteiger partial charge in [-0.25, -0.2) is 0 Å². The highest BCUT2D eigenvalue weighted by atomic mass is 79.9. The van der Waals surface area contributed by atoms with Crippen molar-refractivity contribution in [1.29, 1.82) is 0 Å². The van der Waals surface area contributed by atoms with E-state index < -0.39 is 5.60 Å². The van der Waals surface area contributed by atoms with Crippen LogP contribution in [0, 0.1) is 0 Å². The standard InChI is InChI=1S/C15H23BrO2/c1-4-8-15(17,9-5-2)11-12-6-7-14(18-3)13(16)10-12/h6-7,10,17H,4-5,8-9,11H2,1-3H3. The van der Waals surface area contributed by atoms with E-state index in [1.807, 2.05) is 18.2 Å². The first-order valence-electron chi connectivity index (χ1n) is 6.59. The summed E-state index contributed by atoms with van der Waals surface area (Å²) >= 11 is 3.49. The fourth-order valence-corrected chi connectivity index (χ4v) is 3.02. The maximum atomic E-state index is 10.6. The van der Waals surface area contributed by atoms with E-state index in [9.17, 15) is 5.11 Å². The molecule has 1 aromatic carbocycles. The Hall–Kier alpha value is -0.540. The molecular weight excluding hydrogens is 292 g/mol. The summed E-state index contributed by atoms with van der Waals surface area (Å²) in [7, 11) is 1.66. The van der Waals surface area contributed by atoms with E-state index in [-0.39, 0.29) is 0 Å². The van der Waals surface area contributed by atoms with Gasteiger partial charge < -0.3 is 9.84 Å². The van der Waals surface area contributed by atoms with Gasteiger partial charge in [-0.3, -0.25) is 0 Å². The predicted octanol–water partition coefficient (Wildman–Crippen LogP) is 4.33. The quantitative estimate of drug-likeness (QED) is 0.811. The summed E-state index contributed by atoms with van der Waals surface area (Å²) in [5.74, 6) is 0.827. The molecule has 102 valence electrons. The molecule has 3 heteroatoms. The molecule has 0 radical (unpaired) electrons. The summed E-state index contributed by atoms with van der Waals surface area (Å²) in [6.07, 6.45) is 4.42. The number of hydrogen-bond acceptors (Lipinski definition) is 2. The van der Waals surface area contributed by atoms with Crippen LogP contribution in [-0.2, 0) is 6.42 Å². The number of halogens is 1. The molecule has 2 nitrogen and oxygen atoms in total. The smallest absolute Gasteiger partial charge is 0.133 e. The Morgan fingerprint density at radius 1 is 1.22 bits per heavy atom. The second-order valence-corrected chi connectivity index (χ2v) is 5.72. The predicted molar refractivity (Wildman–Crippen MR) is 79.2 cm³/mol. The van der Waals surface area contributed by atoms with Gasteiger partial charge in [0.1, 0.15) is 5.75 Å². The SMILES string of the molecule is CCCC(O)(CCC)Cc1ccc(OC)c(Br)c1. The number of rotatable bonds is 7. The monoisotopic (exact) mass is 314 g/mol. The average Bonchev–Trinajstić information content (AvgIpc) is 2.29. The van der Waals surface area contributed by atoms with Crippen molar-refractivity contribution >= 4 is 15.9 Å². The largest absolute Gasteiger partial charge is 0.496 e. The summed E-state index contributed by atoms with van der Waals surface area (Å²) in [5.41, 5.74) is 0.574. The van der Waals surface area contributed by atoms with E-state index in [1.165, 1.54) is 0 Å². The molecule has 1 N–H and O–H groups in total. The molecule has 0 heterocycles. The number of hydrogen-bond donors (Lipinski definition) is 1. The molecule has 0 aliphatic heterocycles. The number of aliphatic hydroxyl groups is 1. The lowest BCUT2D eigenvalue weighted by atomic mass is 9.86. The van der Waals surface area contributed by atoms with E-state index in [0.29, 0.717) is 6.42 Å².